The predicted molar refractivity (Wildman–Crippen MR) is 89.1 cm³/mol. The van der Waals surface area contributed by atoms with Gasteiger partial charge in [-0.2, -0.15) is 0 Å². The number of hydrogen-bond donors (Lipinski definition) is 1. The van der Waals surface area contributed by atoms with E-state index in [1.165, 1.54) is 10.4 Å². The van der Waals surface area contributed by atoms with Crippen molar-refractivity contribution in [2.24, 2.45) is 5.41 Å². The largest absolute Gasteiger partial charge is 0.302 e. The van der Waals surface area contributed by atoms with Gasteiger partial charge in [0.25, 0.3) is 0 Å². The van der Waals surface area contributed by atoms with Gasteiger partial charge < -0.3 is 5.32 Å². The third-order valence-electron chi connectivity index (χ3n) is 3.66. The van der Waals surface area contributed by atoms with Crippen LogP contribution in [0.4, 0.5) is 0 Å². The quantitative estimate of drug-likeness (QED) is 0.757. The normalized spacial score (nSPS) is 15.0. The van der Waals surface area contributed by atoms with E-state index in [2.05, 4.69) is 80.9 Å². The Morgan fingerprint density at radius 2 is 1.75 bits per heavy atom. The summed E-state index contributed by atoms with van der Waals surface area (Å²) in [5, 5.41) is 6.03. The van der Waals surface area contributed by atoms with Gasteiger partial charge in [0.1, 0.15) is 0 Å². The van der Waals surface area contributed by atoms with Gasteiger partial charge in [0, 0.05) is 17.0 Å². The van der Waals surface area contributed by atoms with E-state index < -0.39 is 0 Å². The van der Waals surface area contributed by atoms with Crippen LogP contribution in [-0.2, 0) is 0 Å². The second-order valence-corrected chi connectivity index (χ2v) is 7.33. The standard InChI is InChI=1S/C18H25NS/c1-5-15(16-12-9-13-20-16)19-17(18(2,3)4)14-10-7-6-8-11-14/h6-13,15,17,19H,5H2,1-4H3. The summed E-state index contributed by atoms with van der Waals surface area (Å²) in [6.07, 6.45) is 1.11. The Hall–Kier alpha value is -1.12. The number of benzene rings is 1. The molecule has 0 spiro atoms. The molecule has 1 heterocycles. The maximum atomic E-state index is 3.87. The van der Waals surface area contributed by atoms with Gasteiger partial charge in [0.15, 0.2) is 0 Å². The molecule has 2 unspecified atom stereocenters. The highest BCUT2D eigenvalue weighted by Gasteiger charge is 2.28. The zero-order chi connectivity index (χ0) is 14.6. The summed E-state index contributed by atoms with van der Waals surface area (Å²) < 4.78 is 0. The van der Waals surface area contributed by atoms with Crippen LogP contribution in [0, 0.1) is 5.41 Å². The molecule has 1 aromatic heterocycles. The van der Waals surface area contributed by atoms with Crippen molar-refractivity contribution in [3.05, 3.63) is 58.3 Å². The highest BCUT2D eigenvalue weighted by molar-refractivity contribution is 7.10. The molecule has 0 aliphatic heterocycles. The van der Waals surface area contributed by atoms with Gasteiger partial charge in [-0.3, -0.25) is 0 Å². The molecule has 2 atom stereocenters. The lowest BCUT2D eigenvalue weighted by Crippen LogP contribution is -2.34. The van der Waals surface area contributed by atoms with Crippen LogP contribution in [0.1, 0.15) is 56.6 Å². The molecule has 1 aromatic carbocycles. The lowest BCUT2D eigenvalue weighted by atomic mass is 9.81. The highest BCUT2D eigenvalue weighted by Crippen LogP contribution is 2.36. The molecule has 0 aliphatic carbocycles. The molecular weight excluding hydrogens is 262 g/mol. The average molecular weight is 287 g/mol. The van der Waals surface area contributed by atoms with Gasteiger partial charge in [0.2, 0.25) is 0 Å². The SMILES string of the molecule is CCC(NC(c1ccccc1)C(C)(C)C)c1cccs1. The van der Waals surface area contributed by atoms with Crippen LogP contribution in [0.3, 0.4) is 0 Å². The van der Waals surface area contributed by atoms with Crippen molar-refractivity contribution >= 4 is 11.3 Å². The van der Waals surface area contributed by atoms with E-state index in [9.17, 15) is 0 Å². The fourth-order valence-electron chi connectivity index (χ4n) is 2.58. The molecule has 1 N–H and O–H groups in total. The molecule has 2 heteroatoms. The fourth-order valence-corrected chi connectivity index (χ4v) is 3.45. The summed E-state index contributed by atoms with van der Waals surface area (Å²) >= 11 is 1.84. The first kappa shape index (κ1) is 15.3. The molecule has 0 fully saturated rings. The predicted octanol–water partition coefficient (Wildman–Crippen LogP) is 5.58. The first-order chi connectivity index (χ1) is 9.52. The molecule has 0 saturated carbocycles. The molecule has 0 bridgehead atoms. The van der Waals surface area contributed by atoms with Crippen molar-refractivity contribution in [1.29, 1.82) is 0 Å². The van der Waals surface area contributed by atoms with E-state index in [0.29, 0.717) is 12.1 Å². The lowest BCUT2D eigenvalue weighted by Gasteiger charge is -2.35. The van der Waals surface area contributed by atoms with Crippen molar-refractivity contribution in [3.63, 3.8) is 0 Å². The van der Waals surface area contributed by atoms with Crippen molar-refractivity contribution in [3.8, 4) is 0 Å². The minimum Gasteiger partial charge on any atom is -0.302 e. The maximum absolute atomic E-state index is 3.87. The monoisotopic (exact) mass is 287 g/mol. The van der Waals surface area contributed by atoms with Crippen molar-refractivity contribution < 1.29 is 0 Å². The molecule has 0 amide bonds. The van der Waals surface area contributed by atoms with Gasteiger partial charge in [-0.15, -0.1) is 11.3 Å². The van der Waals surface area contributed by atoms with Crippen LogP contribution in [-0.4, -0.2) is 0 Å². The summed E-state index contributed by atoms with van der Waals surface area (Å²) in [6, 6.07) is 15.9. The molecule has 0 saturated heterocycles. The first-order valence-electron chi connectivity index (χ1n) is 7.36. The van der Waals surface area contributed by atoms with Crippen LogP contribution in [0.5, 0.6) is 0 Å². The topological polar surface area (TPSA) is 12.0 Å². The van der Waals surface area contributed by atoms with Gasteiger partial charge >= 0.3 is 0 Å². The number of nitrogens with one attached hydrogen (secondary N) is 1. The summed E-state index contributed by atoms with van der Waals surface area (Å²) in [7, 11) is 0. The fraction of sp³-hybridized carbons (Fsp3) is 0.444. The number of rotatable bonds is 5. The van der Waals surface area contributed by atoms with Crippen molar-refractivity contribution in [2.45, 2.75) is 46.2 Å². The van der Waals surface area contributed by atoms with Gasteiger partial charge in [-0.25, -0.2) is 0 Å². The Morgan fingerprint density at radius 1 is 1.05 bits per heavy atom. The van der Waals surface area contributed by atoms with Gasteiger partial charge in [0.05, 0.1) is 0 Å². The van der Waals surface area contributed by atoms with E-state index >= 15 is 0 Å². The Morgan fingerprint density at radius 3 is 2.25 bits per heavy atom. The Labute approximate surface area is 127 Å². The number of hydrogen-bond acceptors (Lipinski definition) is 2. The first-order valence-corrected chi connectivity index (χ1v) is 8.24. The van der Waals surface area contributed by atoms with Crippen LogP contribution < -0.4 is 5.32 Å². The molecule has 0 radical (unpaired) electrons. The summed E-state index contributed by atoms with van der Waals surface area (Å²) in [5.41, 5.74) is 1.56. The molecule has 2 rings (SSSR count). The molecule has 20 heavy (non-hydrogen) atoms. The molecule has 0 aliphatic rings. The van der Waals surface area contributed by atoms with E-state index in [0.717, 1.165) is 6.42 Å². The maximum Gasteiger partial charge on any atom is 0.0417 e. The van der Waals surface area contributed by atoms with E-state index in [4.69, 9.17) is 0 Å². The van der Waals surface area contributed by atoms with E-state index in [-0.39, 0.29) is 5.41 Å². The van der Waals surface area contributed by atoms with E-state index in [1.807, 2.05) is 11.3 Å². The van der Waals surface area contributed by atoms with Crippen LogP contribution in [0.2, 0.25) is 0 Å². The van der Waals surface area contributed by atoms with Crippen LogP contribution in [0.25, 0.3) is 0 Å². The molecule has 1 nitrogen and oxygen atoms in total. The lowest BCUT2D eigenvalue weighted by molar-refractivity contribution is 0.248. The second kappa shape index (κ2) is 6.55. The minimum atomic E-state index is 0.187. The van der Waals surface area contributed by atoms with Crippen molar-refractivity contribution in [2.75, 3.05) is 0 Å². The Bertz CT molecular complexity index is 496. The smallest absolute Gasteiger partial charge is 0.0417 e. The second-order valence-electron chi connectivity index (χ2n) is 6.35. The summed E-state index contributed by atoms with van der Waals surface area (Å²) in [5.74, 6) is 0. The zero-order valence-electron chi connectivity index (χ0n) is 12.9. The Kier molecular flexibility index (Phi) is 5.00. The summed E-state index contributed by atoms with van der Waals surface area (Å²) in [4.78, 5) is 1.43. The van der Waals surface area contributed by atoms with Gasteiger partial charge in [-0.05, 0) is 28.8 Å². The van der Waals surface area contributed by atoms with Crippen LogP contribution >= 0.6 is 11.3 Å². The van der Waals surface area contributed by atoms with Crippen molar-refractivity contribution in [1.82, 2.24) is 5.32 Å². The minimum absolute atomic E-state index is 0.187. The average Bonchev–Trinajstić information content (AvgIpc) is 2.93. The third kappa shape index (κ3) is 3.71. The van der Waals surface area contributed by atoms with Crippen LogP contribution in [0.15, 0.2) is 47.8 Å². The summed E-state index contributed by atoms with van der Waals surface area (Å²) in [6.45, 7) is 9.17. The Balaban J connectivity index is 2.25. The molecular formula is C18H25NS. The molecule has 2 aromatic rings. The zero-order valence-corrected chi connectivity index (χ0v) is 13.7. The highest BCUT2D eigenvalue weighted by atomic mass is 32.1. The van der Waals surface area contributed by atoms with E-state index in [1.54, 1.807) is 0 Å². The number of thiophene rings is 1. The molecule has 108 valence electrons. The van der Waals surface area contributed by atoms with Gasteiger partial charge in [-0.1, -0.05) is 64.1 Å². The third-order valence-corrected chi connectivity index (χ3v) is 4.65.